The molecule has 3 heteroatoms. The Balaban J connectivity index is 4.29. The van der Waals surface area contributed by atoms with Crippen molar-refractivity contribution in [2.24, 2.45) is 0 Å². The third-order valence-corrected chi connectivity index (χ3v) is 2.70. The van der Waals surface area contributed by atoms with Gasteiger partial charge in [0.25, 0.3) is 5.97 Å². The fourth-order valence-electron chi connectivity index (χ4n) is 0.388. The lowest BCUT2D eigenvalue weighted by Gasteiger charge is -2.11. The van der Waals surface area contributed by atoms with Crippen LogP contribution in [0.1, 0.15) is 6.92 Å². The van der Waals surface area contributed by atoms with Gasteiger partial charge in [0.15, 0.2) is 0 Å². The van der Waals surface area contributed by atoms with Crippen LogP contribution in [0.5, 0.6) is 0 Å². The van der Waals surface area contributed by atoms with Gasteiger partial charge in [-0.15, -0.1) is 12.8 Å². The number of hydrogen-bond donors (Lipinski definition) is 0. The summed E-state index contributed by atoms with van der Waals surface area (Å²) >= 11 is 0. The van der Waals surface area contributed by atoms with E-state index in [0.29, 0.717) is 0 Å². The van der Waals surface area contributed by atoms with Crippen LogP contribution in [0, 0.1) is 23.9 Å². The number of rotatable bonds is 1. The van der Waals surface area contributed by atoms with Gasteiger partial charge < -0.3 is 4.43 Å². The predicted octanol–water partition coefficient (Wildman–Crippen LogP) is 0.470. The van der Waals surface area contributed by atoms with Crippen molar-refractivity contribution in [3.05, 3.63) is 0 Å². The van der Waals surface area contributed by atoms with Gasteiger partial charge in [0.1, 0.15) is 0 Å². The first kappa shape index (κ1) is 8.81. The van der Waals surface area contributed by atoms with Gasteiger partial charge in [-0.25, -0.2) is 0 Å². The van der Waals surface area contributed by atoms with Crippen LogP contribution in [0.4, 0.5) is 0 Å². The van der Waals surface area contributed by atoms with Gasteiger partial charge in [-0.2, -0.15) is 0 Å². The molecule has 0 saturated heterocycles. The van der Waals surface area contributed by atoms with Crippen LogP contribution in [0.15, 0.2) is 0 Å². The average Bonchev–Trinajstić information content (AvgIpc) is 1.87. The van der Waals surface area contributed by atoms with Gasteiger partial charge in [-0.05, 0) is 6.55 Å². The van der Waals surface area contributed by atoms with Crippen LogP contribution in [0.2, 0.25) is 6.55 Å². The molecular weight excluding hydrogens is 144 g/mol. The molecule has 52 valence electrons. The number of carbonyl (C=O) groups is 1. The van der Waals surface area contributed by atoms with E-state index in [1.54, 1.807) is 6.55 Å². The summed E-state index contributed by atoms with van der Waals surface area (Å²) in [7, 11) is -2.55. The summed E-state index contributed by atoms with van der Waals surface area (Å²) in [6.07, 6.45) is 10.1. The zero-order valence-electron chi connectivity index (χ0n) is 5.97. The Hall–Kier alpha value is -1.19. The minimum absolute atomic E-state index is 0.412. The molecule has 0 aromatic carbocycles. The molecule has 0 aliphatic rings. The molecule has 0 rings (SSSR count). The van der Waals surface area contributed by atoms with E-state index < -0.39 is 14.3 Å². The van der Waals surface area contributed by atoms with Crippen LogP contribution in [-0.4, -0.2) is 14.3 Å². The lowest BCUT2D eigenvalue weighted by atomic mass is 10.9. The van der Waals surface area contributed by atoms with E-state index in [-0.39, 0.29) is 0 Å². The summed E-state index contributed by atoms with van der Waals surface area (Å²) in [5, 5.41) is 0. The second-order valence-corrected chi connectivity index (χ2v) is 4.76. The van der Waals surface area contributed by atoms with Gasteiger partial charge in [-0.1, -0.05) is 11.1 Å². The molecule has 0 bridgehead atoms. The summed E-state index contributed by atoms with van der Waals surface area (Å²) in [4.78, 5) is 10.4. The molecule has 0 heterocycles. The van der Waals surface area contributed by atoms with Crippen molar-refractivity contribution < 1.29 is 9.22 Å². The van der Waals surface area contributed by atoms with Crippen LogP contribution in [0.25, 0.3) is 0 Å². The molecule has 0 amide bonds. The highest BCUT2D eigenvalue weighted by Crippen LogP contribution is 2.00. The molecule has 0 aliphatic carbocycles. The van der Waals surface area contributed by atoms with Crippen molar-refractivity contribution >= 4 is 14.3 Å². The van der Waals surface area contributed by atoms with Gasteiger partial charge >= 0.3 is 8.32 Å². The highest BCUT2D eigenvalue weighted by molar-refractivity contribution is 6.88. The molecule has 0 aromatic rings. The van der Waals surface area contributed by atoms with E-state index >= 15 is 0 Å². The van der Waals surface area contributed by atoms with E-state index in [0.717, 1.165) is 0 Å². The minimum Gasteiger partial charge on any atom is -0.496 e. The maximum Gasteiger partial charge on any atom is 0.410 e. The molecule has 0 saturated carbocycles. The van der Waals surface area contributed by atoms with E-state index in [1.807, 2.05) is 0 Å². The normalized spacial score (nSPS) is 9.20. The Bertz CT molecular complexity index is 205. The number of carbonyl (C=O) groups excluding carboxylic acids is 1. The van der Waals surface area contributed by atoms with Gasteiger partial charge in [0.05, 0.1) is 0 Å². The predicted molar refractivity (Wildman–Crippen MR) is 41.1 cm³/mol. The van der Waals surface area contributed by atoms with Crippen molar-refractivity contribution in [3.63, 3.8) is 0 Å². The fraction of sp³-hybridized carbons (Fsp3) is 0.286. The largest absolute Gasteiger partial charge is 0.496 e. The molecule has 0 radical (unpaired) electrons. The first-order valence-corrected chi connectivity index (χ1v) is 5.10. The third-order valence-electron chi connectivity index (χ3n) is 0.899. The standard InChI is InChI=1S/C7H8O2Si/c1-5-10(4,6-2)9-7(3)8/h1-2H,3-4H3. The van der Waals surface area contributed by atoms with Gasteiger partial charge in [0, 0.05) is 6.92 Å². The molecule has 0 aliphatic heterocycles. The summed E-state index contributed by atoms with van der Waals surface area (Å²) in [6, 6.07) is 0. The second kappa shape index (κ2) is 3.10. The Morgan fingerprint density at radius 3 is 2.00 bits per heavy atom. The summed E-state index contributed by atoms with van der Waals surface area (Å²) < 4.78 is 4.76. The Morgan fingerprint density at radius 2 is 1.90 bits per heavy atom. The van der Waals surface area contributed by atoms with Crippen LogP contribution >= 0.6 is 0 Å². The summed E-state index contributed by atoms with van der Waals surface area (Å²) in [6.45, 7) is 2.91. The molecule has 0 unspecified atom stereocenters. The third kappa shape index (κ3) is 2.39. The van der Waals surface area contributed by atoms with Gasteiger partial charge in [-0.3, -0.25) is 4.79 Å². The zero-order valence-corrected chi connectivity index (χ0v) is 6.97. The Kier molecular flexibility index (Phi) is 2.73. The smallest absolute Gasteiger partial charge is 0.410 e. The first-order chi connectivity index (χ1) is 4.54. The zero-order chi connectivity index (χ0) is 8.20. The van der Waals surface area contributed by atoms with E-state index in [9.17, 15) is 4.79 Å². The second-order valence-electron chi connectivity index (χ2n) is 1.92. The molecule has 2 nitrogen and oxygen atoms in total. The molecule has 0 aromatic heterocycles. The highest BCUT2D eigenvalue weighted by atomic mass is 28.4. The fourth-order valence-corrected chi connectivity index (χ4v) is 1.16. The highest BCUT2D eigenvalue weighted by Gasteiger charge is 2.26. The first-order valence-electron chi connectivity index (χ1n) is 2.69. The molecule has 0 N–H and O–H groups in total. The molecule has 10 heavy (non-hydrogen) atoms. The van der Waals surface area contributed by atoms with E-state index in [2.05, 4.69) is 11.1 Å². The minimum atomic E-state index is -2.55. The number of terminal acetylenes is 2. The molecule has 0 atom stereocenters. The van der Waals surface area contributed by atoms with Crippen molar-refractivity contribution in [1.29, 1.82) is 0 Å². The van der Waals surface area contributed by atoms with Gasteiger partial charge in [0.2, 0.25) is 0 Å². The maximum absolute atomic E-state index is 10.4. The quantitative estimate of drug-likeness (QED) is 0.403. The molecule has 0 spiro atoms. The van der Waals surface area contributed by atoms with E-state index in [4.69, 9.17) is 17.3 Å². The summed E-state index contributed by atoms with van der Waals surface area (Å²) in [5.74, 6) is -0.412. The molecule has 0 fully saturated rings. The SMILES string of the molecule is C#C[Si](C)(C#C)OC(C)=O. The van der Waals surface area contributed by atoms with Crippen molar-refractivity contribution in [1.82, 2.24) is 0 Å². The van der Waals surface area contributed by atoms with Crippen LogP contribution in [0.3, 0.4) is 0 Å². The topological polar surface area (TPSA) is 26.3 Å². The monoisotopic (exact) mass is 152 g/mol. The summed E-state index contributed by atoms with van der Waals surface area (Å²) in [5.41, 5.74) is 4.64. The van der Waals surface area contributed by atoms with Crippen LogP contribution in [-0.2, 0) is 9.22 Å². The van der Waals surface area contributed by atoms with Crippen molar-refractivity contribution in [2.75, 3.05) is 0 Å². The van der Waals surface area contributed by atoms with Crippen molar-refractivity contribution in [2.45, 2.75) is 13.5 Å². The average molecular weight is 152 g/mol. The maximum atomic E-state index is 10.4. The van der Waals surface area contributed by atoms with Crippen molar-refractivity contribution in [3.8, 4) is 23.9 Å². The lowest BCUT2D eigenvalue weighted by Crippen LogP contribution is -2.33. The molecular formula is C7H8O2Si. The number of hydrogen-bond acceptors (Lipinski definition) is 2. The Labute approximate surface area is 61.7 Å². The van der Waals surface area contributed by atoms with E-state index in [1.165, 1.54) is 6.92 Å². The van der Waals surface area contributed by atoms with Crippen LogP contribution < -0.4 is 0 Å². The lowest BCUT2D eigenvalue weighted by molar-refractivity contribution is -0.132. The Morgan fingerprint density at radius 1 is 1.50 bits per heavy atom.